The standard InChI is InChI=1S/4C18H36O2.Ba.Zn/c4*1-2-3-4-5-6-7-8-9-10-11-12-13-14-15-16-17-18(19)20;;/h4*2-17H2,1H3,(H,19,20);;/q;;;;2*+2/p-4. The third-order valence-corrected chi connectivity index (χ3v) is 15.9. The monoisotopic (exact) mass is 1330 g/mol. The Morgan fingerprint density at radius 1 is 0.171 bits per heavy atom. The van der Waals surface area contributed by atoms with Crippen LogP contribution < -0.4 is 20.4 Å². The van der Waals surface area contributed by atoms with Crippen LogP contribution in [0.15, 0.2) is 0 Å². The van der Waals surface area contributed by atoms with E-state index in [0.29, 0.717) is 0 Å². The Kier molecular flexibility index (Phi) is 102. The summed E-state index contributed by atoms with van der Waals surface area (Å²) < 4.78 is 0. The van der Waals surface area contributed by atoms with Gasteiger partial charge >= 0.3 is 68.4 Å². The van der Waals surface area contributed by atoms with Crippen molar-refractivity contribution in [3.63, 3.8) is 0 Å². The van der Waals surface area contributed by atoms with Gasteiger partial charge < -0.3 is 39.6 Å². The number of carboxylic acids is 4. The van der Waals surface area contributed by atoms with E-state index in [2.05, 4.69) is 27.7 Å². The Bertz CT molecular complexity index is 998. The predicted molar refractivity (Wildman–Crippen MR) is 344 cm³/mol. The SMILES string of the molecule is CCCCCCCCCCCCCCCCCC(=O)[O-].CCCCCCCCCCCCCCCCCC(=O)[O-].CCCCCCCCCCCCCCCCCC(=O)[O-].CCCCCCCCCCCCCCCCCC(=O)[O-].[Ba+2].[Zn+2]. The molecular formula is C72H140BaO8Zn. The van der Waals surface area contributed by atoms with Gasteiger partial charge in [0.2, 0.25) is 0 Å². The zero-order valence-electron chi connectivity index (χ0n) is 55.9. The first-order valence-electron chi connectivity index (χ1n) is 35.9. The van der Waals surface area contributed by atoms with Crippen LogP contribution in [0, 0.1) is 0 Å². The zero-order valence-corrected chi connectivity index (χ0v) is 63.3. The van der Waals surface area contributed by atoms with Gasteiger partial charge in [0, 0.05) is 23.9 Å². The van der Waals surface area contributed by atoms with Gasteiger partial charge in [-0.3, -0.25) is 0 Å². The van der Waals surface area contributed by atoms with Crippen LogP contribution in [0.2, 0.25) is 0 Å². The molecule has 0 unspecified atom stereocenters. The minimum Gasteiger partial charge on any atom is -0.550 e. The molecule has 0 atom stereocenters. The number of hydrogen-bond acceptors (Lipinski definition) is 8. The molecule has 0 N–H and O–H groups in total. The van der Waals surface area contributed by atoms with Crippen molar-refractivity contribution in [2.24, 2.45) is 0 Å². The molecule has 0 rings (SSSR count). The van der Waals surface area contributed by atoms with Crippen LogP contribution in [0.3, 0.4) is 0 Å². The van der Waals surface area contributed by atoms with Gasteiger partial charge in [-0.25, -0.2) is 0 Å². The molecule has 0 aliphatic rings. The smallest absolute Gasteiger partial charge is 0.550 e. The molecule has 10 heteroatoms. The fourth-order valence-electron chi connectivity index (χ4n) is 10.6. The quantitative estimate of drug-likeness (QED) is 0.0430. The molecule has 0 aromatic carbocycles. The summed E-state index contributed by atoms with van der Waals surface area (Å²) in [6, 6.07) is 0. The maximum Gasteiger partial charge on any atom is 2.00 e. The third kappa shape index (κ3) is 108. The van der Waals surface area contributed by atoms with Gasteiger partial charge in [-0.2, -0.15) is 0 Å². The molecule has 480 valence electrons. The molecule has 8 nitrogen and oxygen atoms in total. The van der Waals surface area contributed by atoms with Crippen LogP contribution in [0.1, 0.15) is 439 Å². The summed E-state index contributed by atoms with van der Waals surface area (Å²) in [5, 5.41) is 40.9. The molecule has 0 fully saturated rings. The first-order chi connectivity index (χ1) is 39.1. The first kappa shape index (κ1) is 93.2. The van der Waals surface area contributed by atoms with Crippen molar-refractivity contribution >= 4 is 72.8 Å². The van der Waals surface area contributed by atoms with Crippen molar-refractivity contribution in [1.29, 1.82) is 0 Å². The van der Waals surface area contributed by atoms with Gasteiger partial charge in [0.1, 0.15) is 0 Å². The molecule has 0 bridgehead atoms. The van der Waals surface area contributed by atoms with E-state index >= 15 is 0 Å². The van der Waals surface area contributed by atoms with Gasteiger partial charge in [0.15, 0.2) is 0 Å². The van der Waals surface area contributed by atoms with E-state index in [4.69, 9.17) is 0 Å². The summed E-state index contributed by atoms with van der Waals surface area (Å²) in [4.78, 5) is 40.9. The van der Waals surface area contributed by atoms with Gasteiger partial charge in [-0.15, -0.1) is 0 Å². The Morgan fingerprint density at radius 2 is 0.244 bits per heavy atom. The summed E-state index contributed by atoms with van der Waals surface area (Å²) >= 11 is 0. The van der Waals surface area contributed by atoms with Crippen LogP contribution in [-0.4, -0.2) is 72.8 Å². The minimum absolute atomic E-state index is 0. The van der Waals surface area contributed by atoms with Gasteiger partial charge in [-0.05, 0) is 51.4 Å². The number of carbonyl (C=O) groups excluding carboxylic acids is 4. The van der Waals surface area contributed by atoms with Crippen molar-refractivity contribution < 1.29 is 59.1 Å². The van der Waals surface area contributed by atoms with Gasteiger partial charge in [0.05, 0.1) is 0 Å². The Hall–Kier alpha value is 0.0748. The summed E-state index contributed by atoms with van der Waals surface area (Å²) in [6.45, 7) is 9.07. The second kappa shape index (κ2) is 89.8. The number of rotatable bonds is 64. The second-order valence-corrected chi connectivity index (χ2v) is 24.3. The molecule has 0 aliphatic carbocycles. The fraction of sp³-hybridized carbons (Fsp3) is 0.944. The summed E-state index contributed by atoms with van der Waals surface area (Å²) in [5.74, 6) is -3.61. The van der Waals surface area contributed by atoms with Crippen molar-refractivity contribution in [1.82, 2.24) is 0 Å². The summed E-state index contributed by atoms with van der Waals surface area (Å²) in [5.41, 5.74) is 0. The van der Waals surface area contributed by atoms with E-state index in [9.17, 15) is 39.6 Å². The van der Waals surface area contributed by atoms with E-state index in [-0.39, 0.29) is 94.0 Å². The predicted octanol–water partition coefficient (Wildman–Crippen LogP) is 19.6. The topological polar surface area (TPSA) is 161 Å². The van der Waals surface area contributed by atoms with Gasteiger partial charge in [0.25, 0.3) is 0 Å². The third-order valence-electron chi connectivity index (χ3n) is 15.9. The molecule has 0 spiro atoms. The van der Waals surface area contributed by atoms with E-state index in [1.807, 2.05) is 0 Å². The number of unbranched alkanes of at least 4 members (excludes halogenated alkanes) is 56. The first-order valence-corrected chi connectivity index (χ1v) is 35.9. The van der Waals surface area contributed by atoms with Crippen molar-refractivity contribution in [3.8, 4) is 0 Å². The van der Waals surface area contributed by atoms with Crippen LogP contribution in [-0.2, 0) is 38.7 Å². The molecule has 82 heavy (non-hydrogen) atoms. The van der Waals surface area contributed by atoms with E-state index < -0.39 is 23.9 Å². The summed E-state index contributed by atoms with van der Waals surface area (Å²) in [7, 11) is 0. The normalized spacial score (nSPS) is 10.6. The largest absolute Gasteiger partial charge is 2.00 e. The molecule has 0 saturated heterocycles. The Balaban J connectivity index is -0.000000233. The molecule has 0 radical (unpaired) electrons. The van der Waals surface area contributed by atoms with Gasteiger partial charge in [-0.1, -0.05) is 387 Å². The maximum atomic E-state index is 10.2. The molecule has 0 aromatic rings. The molecule has 0 heterocycles. The molecule has 0 aliphatic heterocycles. The number of hydrogen-bond donors (Lipinski definition) is 0. The minimum atomic E-state index is -0.903. The molecule has 0 amide bonds. The zero-order chi connectivity index (χ0) is 59.6. The number of carboxylic acid groups (broad SMARTS) is 4. The average molecular weight is 1340 g/mol. The van der Waals surface area contributed by atoms with Crippen LogP contribution >= 0.6 is 0 Å². The Labute approximate surface area is 565 Å². The average Bonchev–Trinajstić information content (AvgIpc) is 3.43. The molecular weight excluding hydrogens is 1200 g/mol. The van der Waals surface area contributed by atoms with Crippen LogP contribution in [0.5, 0.6) is 0 Å². The van der Waals surface area contributed by atoms with E-state index in [0.717, 1.165) is 51.4 Å². The fourth-order valence-corrected chi connectivity index (χ4v) is 10.6. The van der Waals surface area contributed by atoms with Crippen molar-refractivity contribution in [3.05, 3.63) is 0 Å². The molecule has 0 aromatic heterocycles. The van der Waals surface area contributed by atoms with Crippen molar-refractivity contribution in [2.45, 2.75) is 439 Å². The van der Waals surface area contributed by atoms with E-state index in [1.54, 1.807) is 0 Å². The van der Waals surface area contributed by atoms with E-state index in [1.165, 1.54) is 334 Å². The number of aliphatic carboxylic acids is 4. The second-order valence-electron chi connectivity index (χ2n) is 24.3. The van der Waals surface area contributed by atoms with Crippen LogP contribution in [0.4, 0.5) is 0 Å². The molecule has 0 saturated carbocycles. The maximum absolute atomic E-state index is 10.2. The van der Waals surface area contributed by atoms with Crippen molar-refractivity contribution in [2.75, 3.05) is 0 Å². The van der Waals surface area contributed by atoms with Crippen LogP contribution in [0.25, 0.3) is 0 Å². The Morgan fingerprint density at radius 3 is 0.317 bits per heavy atom. The number of carbonyl (C=O) groups is 4. The summed E-state index contributed by atoms with van der Waals surface area (Å²) in [6.07, 6.45) is 79.4.